The molecule has 5 nitrogen and oxygen atoms in total. The van der Waals surface area contributed by atoms with Gasteiger partial charge in [0.1, 0.15) is 0 Å². The molecule has 2 aliphatic rings. The molecule has 0 unspecified atom stereocenters. The summed E-state index contributed by atoms with van der Waals surface area (Å²) in [4.78, 5) is 9.29. The molecule has 0 spiro atoms. The van der Waals surface area contributed by atoms with Crippen LogP contribution in [0, 0.1) is 5.92 Å². The van der Waals surface area contributed by atoms with Gasteiger partial charge in [0, 0.05) is 33.2 Å². The minimum atomic E-state index is 0.891. The van der Waals surface area contributed by atoms with E-state index in [2.05, 4.69) is 32.5 Å². The average molecular weight is 281 g/mol. The van der Waals surface area contributed by atoms with Gasteiger partial charge in [-0.2, -0.15) is 0 Å². The van der Waals surface area contributed by atoms with E-state index >= 15 is 0 Å². The lowest BCUT2D eigenvalue weighted by Crippen LogP contribution is -2.39. The molecule has 1 saturated carbocycles. The van der Waals surface area contributed by atoms with Crippen molar-refractivity contribution in [2.75, 3.05) is 59.9 Å². The summed E-state index contributed by atoms with van der Waals surface area (Å²) in [5.41, 5.74) is 0. The van der Waals surface area contributed by atoms with Gasteiger partial charge >= 0.3 is 0 Å². The van der Waals surface area contributed by atoms with Gasteiger partial charge in [0.25, 0.3) is 0 Å². The van der Waals surface area contributed by atoms with Crippen LogP contribution in [0.25, 0.3) is 0 Å². The lowest BCUT2D eigenvalue weighted by atomic mass is 10.3. The lowest BCUT2D eigenvalue weighted by molar-refractivity contribution is 0.274. The van der Waals surface area contributed by atoms with Gasteiger partial charge in [0.05, 0.1) is 0 Å². The van der Waals surface area contributed by atoms with Crippen molar-refractivity contribution in [2.24, 2.45) is 10.9 Å². The molecular formula is C15H31N5. The molecule has 0 aromatic carbocycles. The monoisotopic (exact) mass is 281 g/mol. The third-order valence-electron chi connectivity index (χ3n) is 4.23. The Labute approximate surface area is 123 Å². The number of hydrogen-bond acceptors (Lipinski definition) is 3. The van der Waals surface area contributed by atoms with Crippen LogP contribution < -0.4 is 10.6 Å². The summed E-state index contributed by atoms with van der Waals surface area (Å²) in [6, 6.07) is 0. The Kier molecular flexibility index (Phi) is 6.60. The van der Waals surface area contributed by atoms with Crippen LogP contribution in [0.15, 0.2) is 4.99 Å². The molecule has 1 saturated heterocycles. The van der Waals surface area contributed by atoms with Crippen molar-refractivity contribution in [3.05, 3.63) is 0 Å². The maximum atomic E-state index is 4.27. The number of aliphatic imine (C=N–C) groups is 1. The molecule has 0 aromatic heterocycles. The van der Waals surface area contributed by atoms with E-state index in [4.69, 9.17) is 0 Å². The summed E-state index contributed by atoms with van der Waals surface area (Å²) < 4.78 is 0. The second-order valence-electron chi connectivity index (χ2n) is 6.18. The number of rotatable bonds is 6. The molecular weight excluding hydrogens is 250 g/mol. The number of nitrogens with one attached hydrogen (secondary N) is 2. The number of nitrogens with zero attached hydrogens (tertiary/aromatic N) is 3. The van der Waals surface area contributed by atoms with Crippen molar-refractivity contribution < 1.29 is 0 Å². The van der Waals surface area contributed by atoms with E-state index in [-0.39, 0.29) is 0 Å². The minimum absolute atomic E-state index is 0.891. The van der Waals surface area contributed by atoms with Gasteiger partial charge in [0.15, 0.2) is 5.96 Å². The Hall–Kier alpha value is -0.810. The van der Waals surface area contributed by atoms with E-state index in [1.165, 1.54) is 58.4 Å². The highest BCUT2D eigenvalue weighted by Crippen LogP contribution is 2.27. The van der Waals surface area contributed by atoms with Crippen molar-refractivity contribution in [1.82, 2.24) is 20.4 Å². The summed E-state index contributed by atoms with van der Waals surface area (Å²) >= 11 is 0. The van der Waals surface area contributed by atoms with E-state index in [9.17, 15) is 0 Å². The van der Waals surface area contributed by atoms with Gasteiger partial charge in [-0.15, -0.1) is 0 Å². The number of hydrogen-bond donors (Lipinski definition) is 2. The van der Waals surface area contributed by atoms with Crippen LogP contribution in [0.1, 0.15) is 25.7 Å². The molecule has 0 atom stereocenters. The third kappa shape index (κ3) is 6.09. The van der Waals surface area contributed by atoms with E-state index in [0.717, 1.165) is 25.0 Å². The SMILES string of the molecule is CN=C(NCCCN1CCCN(C)CC1)NCC1CC1. The van der Waals surface area contributed by atoms with Gasteiger partial charge in [-0.1, -0.05) is 0 Å². The fourth-order valence-corrected chi connectivity index (χ4v) is 2.62. The fourth-order valence-electron chi connectivity index (χ4n) is 2.62. The molecule has 5 heteroatoms. The highest BCUT2D eigenvalue weighted by atomic mass is 15.2. The zero-order valence-corrected chi connectivity index (χ0v) is 13.2. The van der Waals surface area contributed by atoms with Crippen molar-refractivity contribution in [1.29, 1.82) is 0 Å². The molecule has 1 heterocycles. The first-order chi connectivity index (χ1) is 9.78. The lowest BCUT2D eigenvalue weighted by Gasteiger charge is -2.20. The van der Waals surface area contributed by atoms with Crippen LogP contribution in [0.4, 0.5) is 0 Å². The van der Waals surface area contributed by atoms with Gasteiger partial charge in [-0.25, -0.2) is 0 Å². The highest BCUT2D eigenvalue weighted by molar-refractivity contribution is 5.79. The van der Waals surface area contributed by atoms with Crippen molar-refractivity contribution in [2.45, 2.75) is 25.7 Å². The van der Waals surface area contributed by atoms with E-state index in [0.29, 0.717) is 0 Å². The molecule has 1 aliphatic carbocycles. The summed E-state index contributed by atoms with van der Waals surface area (Å²) in [6.07, 6.45) is 5.25. The summed E-state index contributed by atoms with van der Waals surface area (Å²) in [7, 11) is 4.08. The zero-order chi connectivity index (χ0) is 14.2. The average Bonchev–Trinajstić information content (AvgIpc) is 3.27. The fraction of sp³-hybridized carbons (Fsp3) is 0.933. The predicted octanol–water partition coefficient (Wildman–Crippen LogP) is 0.589. The normalized spacial score (nSPS) is 22.6. The van der Waals surface area contributed by atoms with E-state index in [1.54, 1.807) is 0 Å². The summed E-state index contributed by atoms with van der Waals surface area (Å²) in [5, 5.41) is 6.82. The first-order valence-corrected chi connectivity index (χ1v) is 8.13. The van der Waals surface area contributed by atoms with Crippen molar-refractivity contribution >= 4 is 5.96 Å². The third-order valence-corrected chi connectivity index (χ3v) is 4.23. The zero-order valence-electron chi connectivity index (χ0n) is 13.2. The maximum absolute atomic E-state index is 4.27. The Morgan fingerprint density at radius 3 is 2.75 bits per heavy atom. The molecule has 0 aromatic rings. The van der Waals surface area contributed by atoms with Gasteiger partial charge < -0.3 is 20.4 Å². The molecule has 0 radical (unpaired) electrons. The Bertz CT molecular complexity index is 301. The molecule has 0 amide bonds. The van der Waals surface area contributed by atoms with Gasteiger partial charge in [-0.3, -0.25) is 4.99 Å². The van der Waals surface area contributed by atoms with Crippen molar-refractivity contribution in [3.8, 4) is 0 Å². The topological polar surface area (TPSA) is 42.9 Å². The smallest absolute Gasteiger partial charge is 0.190 e. The first-order valence-electron chi connectivity index (χ1n) is 8.13. The van der Waals surface area contributed by atoms with Crippen molar-refractivity contribution in [3.63, 3.8) is 0 Å². The van der Waals surface area contributed by atoms with Crippen LogP contribution in [0.5, 0.6) is 0 Å². The predicted molar refractivity (Wildman–Crippen MR) is 85.3 cm³/mol. The maximum Gasteiger partial charge on any atom is 0.190 e. The summed E-state index contributed by atoms with van der Waals surface area (Å²) in [6.45, 7) is 8.20. The summed E-state index contributed by atoms with van der Waals surface area (Å²) in [5.74, 6) is 1.86. The molecule has 0 bridgehead atoms. The van der Waals surface area contributed by atoms with Crippen LogP contribution in [-0.4, -0.2) is 75.7 Å². The molecule has 1 aliphatic heterocycles. The number of guanidine groups is 1. The second kappa shape index (κ2) is 8.47. The molecule has 20 heavy (non-hydrogen) atoms. The Balaban J connectivity index is 1.53. The minimum Gasteiger partial charge on any atom is -0.356 e. The van der Waals surface area contributed by atoms with Gasteiger partial charge in [-0.05, 0) is 58.3 Å². The van der Waals surface area contributed by atoms with Crippen LogP contribution in [-0.2, 0) is 0 Å². The molecule has 116 valence electrons. The quantitative estimate of drug-likeness (QED) is 0.425. The standard InChI is InChI=1S/C15H31N5/c1-16-15(18-13-14-5-6-14)17-7-3-9-20-10-4-8-19(2)11-12-20/h14H,3-13H2,1-2H3,(H2,16,17,18). The first kappa shape index (κ1) is 15.6. The molecule has 2 N–H and O–H groups in total. The highest BCUT2D eigenvalue weighted by Gasteiger charge is 2.21. The Morgan fingerprint density at radius 1 is 1.15 bits per heavy atom. The van der Waals surface area contributed by atoms with Crippen LogP contribution >= 0.6 is 0 Å². The van der Waals surface area contributed by atoms with Gasteiger partial charge in [0.2, 0.25) is 0 Å². The van der Waals surface area contributed by atoms with Crippen LogP contribution in [0.2, 0.25) is 0 Å². The second-order valence-corrected chi connectivity index (χ2v) is 6.18. The van der Waals surface area contributed by atoms with Crippen LogP contribution in [0.3, 0.4) is 0 Å². The van der Waals surface area contributed by atoms with E-state index in [1.807, 2.05) is 7.05 Å². The number of likely N-dealkylation sites (N-methyl/N-ethyl adjacent to an activating group) is 1. The van der Waals surface area contributed by atoms with E-state index < -0.39 is 0 Å². The largest absolute Gasteiger partial charge is 0.356 e. The molecule has 2 fully saturated rings. The molecule has 2 rings (SSSR count). The Morgan fingerprint density at radius 2 is 2.00 bits per heavy atom.